The molecule has 0 bridgehead atoms. The summed E-state index contributed by atoms with van der Waals surface area (Å²) in [7, 11) is 1.63. The number of nitrogens with two attached hydrogens (primary N) is 1. The fourth-order valence-electron chi connectivity index (χ4n) is 0.877. The van der Waals surface area contributed by atoms with Gasteiger partial charge in [0.15, 0.2) is 5.16 Å². The van der Waals surface area contributed by atoms with E-state index in [9.17, 15) is 9.59 Å². The van der Waals surface area contributed by atoms with Crippen LogP contribution in [0.5, 0.6) is 0 Å². The van der Waals surface area contributed by atoms with Crippen LogP contribution in [0, 0.1) is 0 Å². The monoisotopic (exact) mass is 228 g/mol. The molecule has 0 fully saturated rings. The topological polar surface area (TPSA) is 93.8 Å². The average molecular weight is 228 g/mol. The van der Waals surface area contributed by atoms with Crippen molar-refractivity contribution in [2.24, 2.45) is 12.8 Å². The first kappa shape index (κ1) is 11.7. The second-order valence-corrected chi connectivity index (χ2v) is 3.70. The minimum Gasteiger partial charge on any atom is -0.327 e. The van der Waals surface area contributed by atoms with Crippen molar-refractivity contribution in [1.82, 2.24) is 14.8 Å². The number of aryl methyl sites for hydroxylation is 1. The Bertz CT molecular complexity index is 462. The molecule has 0 saturated carbocycles. The smallest absolute Gasteiger partial charge is 0.327 e. The molecule has 1 rings (SSSR count). The summed E-state index contributed by atoms with van der Waals surface area (Å²) in [6, 6.07) is 0. The molecule has 0 radical (unpaired) electrons. The van der Waals surface area contributed by atoms with Crippen LogP contribution in [-0.4, -0.2) is 27.1 Å². The molecule has 15 heavy (non-hydrogen) atoms. The number of nitrogens with one attached hydrogen (secondary N) is 1. The first-order chi connectivity index (χ1) is 7.15. The summed E-state index contributed by atoms with van der Waals surface area (Å²) < 4.78 is 1.42. The van der Waals surface area contributed by atoms with E-state index in [1.807, 2.05) is 12.2 Å². The number of aromatic amines is 1. The van der Waals surface area contributed by atoms with E-state index in [1.165, 1.54) is 16.4 Å². The normalized spacial score (nSPS) is 11.1. The van der Waals surface area contributed by atoms with E-state index in [0.717, 1.165) is 0 Å². The van der Waals surface area contributed by atoms with Crippen LogP contribution in [0.2, 0.25) is 0 Å². The van der Waals surface area contributed by atoms with Crippen molar-refractivity contribution in [3.63, 3.8) is 0 Å². The van der Waals surface area contributed by atoms with Crippen molar-refractivity contribution < 1.29 is 0 Å². The molecule has 1 aromatic heterocycles. The third-order valence-corrected chi connectivity index (χ3v) is 2.54. The molecule has 0 amide bonds. The number of nitrogens with zero attached hydrogens (tertiary/aromatic N) is 2. The van der Waals surface area contributed by atoms with Gasteiger partial charge in [0.25, 0.3) is 0 Å². The highest BCUT2D eigenvalue weighted by Gasteiger charge is 2.02. The van der Waals surface area contributed by atoms with Gasteiger partial charge in [-0.2, -0.15) is 4.98 Å². The number of aromatic nitrogens is 3. The van der Waals surface area contributed by atoms with Crippen molar-refractivity contribution in [2.75, 3.05) is 12.3 Å². The highest BCUT2D eigenvalue weighted by molar-refractivity contribution is 7.99. The Morgan fingerprint density at radius 1 is 1.53 bits per heavy atom. The molecular formula is C8H12N4O2S. The minimum absolute atomic E-state index is 0.473. The largest absolute Gasteiger partial charge is 0.339 e. The van der Waals surface area contributed by atoms with E-state index in [1.54, 1.807) is 7.05 Å². The SMILES string of the molecule is Cn1[nH]c(=O)c(=O)nc1SC/C=C/CN. The van der Waals surface area contributed by atoms with Crippen molar-refractivity contribution in [1.29, 1.82) is 0 Å². The van der Waals surface area contributed by atoms with E-state index in [4.69, 9.17) is 5.73 Å². The number of hydrogen-bond acceptors (Lipinski definition) is 5. The lowest BCUT2D eigenvalue weighted by Gasteiger charge is -2.03. The van der Waals surface area contributed by atoms with Crippen LogP contribution in [-0.2, 0) is 7.05 Å². The van der Waals surface area contributed by atoms with Crippen LogP contribution >= 0.6 is 11.8 Å². The Balaban J connectivity index is 2.78. The number of thioether (sulfide) groups is 1. The molecule has 0 aliphatic rings. The summed E-state index contributed by atoms with van der Waals surface area (Å²) >= 11 is 1.35. The van der Waals surface area contributed by atoms with Crippen molar-refractivity contribution in [2.45, 2.75) is 5.16 Å². The van der Waals surface area contributed by atoms with Crippen LogP contribution in [0.3, 0.4) is 0 Å². The number of rotatable bonds is 4. The van der Waals surface area contributed by atoms with E-state index in [-0.39, 0.29) is 0 Å². The first-order valence-electron chi connectivity index (χ1n) is 4.30. The number of H-pyrrole nitrogens is 1. The zero-order chi connectivity index (χ0) is 11.3. The predicted octanol–water partition coefficient (Wildman–Crippen LogP) is -0.924. The Labute approximate surface area is 90.2 Å². The summed E-state index contributed by atoms with van der Waals surface area (Å²) in [5.74, 6) is 0.656. The van der Waals surface area contributed by atoms with Crippen molar-refractivity contribution in [3.05, 3.63) is 32.9 Å². The molecule has 0 atom stereocenters. The molecule has 6 nitrogen and oxygen atoms in total. The highest BCUT2D eigenvalue weighted by atomic mass is 32.2. The molecule has 1 heterocycles. The van der Waals surface area contributed by atoms with Gasteiger partial charge in [-0.05, 0) is 0 Å². The van der Waals surface area contributed by atoms with Gasteiger partial charge in [-0.3, -0.25) is 19.4 Å². The van der Waals surface area contributed by atoms with Gasteiger partial charge in [-0.25, -0.2) is 0 Å². The second kappa shape index (κ2) is 5.52. The zero-order valence-corrected chi connectivity index (χ0v) is 9.08. The van der Waals surface area contributed by atoms with Gasteiger partial charge in [0.1, 0.15) is 0 Å². The summed E-state index contributed by atoms with van der Waals surface area (Å²) in [6.45, 7) is 0.485. The molecule has 0 aromatic carbocycles. The first-order valence-corrected chi connectivity index (χ1v) is 5.29. The molecule has 82 valence electrons. The molecule has 3 N–H and O–H groups in total. The Morgan fingerprint density at radius 3 is 2.93 bits per heavy atom. The third-order valence-electron chi connectivity index (χ3n) is 1.56. The van der Waals surface area contributed by atoms with Gasteiger partial charge in [-0.15, -0.1) is 0 Å². The second-order valence-electron chi connectivity index (χ2n) is 2.72. The van der Waals surface area contributed by atoms with Gasteiger partial charge < -0.3 is 5.73 Å². The highest BCUT2D eigenvalue weighted by Crippen LogP contribution is 2.10. The Hall–Kier alpha value is -1.34. The molecule has 7 heteroatoms. The summed E-state index contributed by atoms with van der Waals surface area (Å²) in [6.07, 6.45) is 3.69. The van der Waals surface area contributed by atoms with Gasteiger partial charge in [0.05, 0.1) is 0 Å². The van der Waals surface area contributed by atoms with Crippen LogP contribution in [0.25, 0.3) is 0 Å². The lowest BCUT2D eigenvalue weighted by molar-refractivity contribution is 0.597. The number of hydrogen-bond donors (Lipinski definition) is 2. The van der Waals surface area contributed by atoms with Gasteiger partial charge in [0, 0.05) is 19.3 Å². The van der Waals surface area contributed by atoms with Gasteiger partial charge in [0.2, 0.25) is 0 Å². The third kappa shape index (κ3) is 3.37. The molecule has 0 saturated heterocycles. The van der Waals surface area contributed by atoms with Gasteiger partial charge >= 0.3 is 11.1 Å². The summed E-state index contributed by atoms with van der Waals surface area (Å²) in [5.41, 5.74) is 3.79. The Morgan fingerprint density at radius 2 is 2.27 bits per heavy atom. The van der Waals surface area contributed by atoms with Crippen LogP contribution in [0.15, 0.2) is 26.9 Å². The van der Waals surface area contributed by atoms with Crippen LogP contribution in [0.1, 0.15) is 0 Å². The average Bonchev–Trinajstić information content (AvgIpc) is 2.20. The van der Waals surface area contributed by atoms with E-state index >= 15 is 0 Å². The maximum Gasteiger partial charge on any atom is 0.339 e. The molecule has 1 aromatic rings. The molecule has 0 spiro atoms. The Kier molecular flexibility index (Phi) is 4.32. The van der Waals surface area contributed by atoms with E-state index in [2.05, 4.69) is 10.1 Å². The summed E-state index contributed by atoms with van der Waals surface area (Å²) in [5, 5.41) is 2.84. The quantitative estimate of drug-likeness (QED) is 0.395. The van der Waals surface area contributed by atoms with Crippen molar-refractivity contribution >= 4 is 11.8 Å². The standard InChI is InChI=1S/C8H12N4O2S/c1-12-8(15-5-3-2-4-9)10-6(13)7(14)11-12/h2-3H,4-5,9H2,1H3,(H,11,14)/b3-2+. The lowest BCUT2D eigenvalue weighted by atomic mass is 10.5. The van der Waals surface area contributed by atoms with Crippen LogP contribution in [0.4, 0.5) is 0 Å². The lowest BCUT2D eigenvalue weighted by Crippen LogP contribution is -2.33. The molecule has 0 aliphatic carbocycles. The molecular weight excluding hydrogens is 216 g/mol. The minimum atomic E-state index is -0.765. The van der Waals surface area contributed by atoms with E-state index < -0.39 is 11.1 Å². The fraction of sp³-hybridized carbons (Fsp3) is 0.375. The summed E-state index contributed by atoms with van der Waals surface area (Å²) in [4.78, 5) is 25.5. The fourth-order valence-corrected chi connectivity index (χ4v) is 1.64. The van der Waals surface area contributed by atoms with E-state index in [0.29, 0.717) is 17.5 Å². The van der Waals surface area contributed by atoms with Crippen LogP contribution < -0.4 is 16.9 Å². The maximum atomic E-state index is 11.0. The molecule has 0 unspecified atom stereocenters. The van der Waals surface area contributed by atoms with Gasteiger partial charge in [-0.1, -0.05) is 23.9 Å². The predicted molar refractivity (Wildman–Crippen MR) is 59.0 cm³/mol. The molecule has 0 aliphatic heterocycles. The zero-order valence-electron chi connectivity index (χ0n) is 8.27. The van der Waals surface area contributed by atoms with Crippen molar-refractivity contribution in [3.8, 4) is 0 Å². The maximum absolute atomic E-state index is 11.0.